The van der Waals surface area contributed by atoms with Crippen molar-refractivity contribution in [1.29, 1.82) is 0 Å². The summed E-state index contributed by atoms with van der Waals surface area (Å²) in [6.07, 6.45) is 2.06. The van der Waals surface area contributed by atoms with Crippen LogP contribution in [0.4, 0.5) is 5.69 Å². The topological polar surface area (TPSA) is 89.0 Å². The number of nitrogens with zero attached hydrogens (tertiary/aromatic N) is 1. The minimum absolute atomic E-state index is 0.0700. The molecule has 29 heavy (non-hydrogen) atoms. The van der Waals surface area contributed by atoms with Gasteiger partial charge in [-0.1, -0.05) is 12.1 Å². The van der Waals surface area contributed by atoms with Gasteiger partial charge in [0, 0.05) is 17.9 Å². The van der Waals surface area contributed by atoms with E-state index >= 15 is 0 Å². The van der Waals surface area contributed by atoms with Crippen LogP contribution in [-0.2, 0) is 9.47 Å². The molecule has 7 heteroatoms. The summed E-state index contributed by atoms with van der Waals surface area (Å²) in [6.45, 7) is 3.21. The number of hydrogen-bond donors (Lipinski definition) is 2. The average Bonchev–Trinajstić information content (AvgIpc) is 3.25. The van der Waals surface area contributed by atoms with Crippen molar-refractivity contribution >= 4 is 23.5 Å². The highest BCUT2D eigenvalue weighted by Crippen LogP contribution is 2.13. The third kappa shape index (κ3) is 5.89. The number of rotatable bonds is 5. The summed E-state index contributed by atoms with van der Waals surface area (Å²) in [5, 5.41) is 5.99. The monoisotopic (exact) mass is 395 g/mol. The molecule has 2 aromatic carbocycles. The van der Waals surface area contributed by atoms with Crippen molar-refractivity contribution < 1.29 is 19.1 Å². The second-order valence-corrected chi connectivity index (χ2v) is 6.84. The van der Waals surface area contributed by atoms with Crippen molar-refractivity contribution in [3.63, 3.8) is 0 Å². The first-order chi connectivity index (χ1) is 14.0. The Morgan fingerprint density at radius 3 is 2.59 bits per heavy atom. The van der Waals surface area contributed by atoms with E-state index in [0.717, 1.165) is 30.7 Å². The molecule has 152 valence electrons. The van der Waals surface area contributed by atoms with Crippen LogP contribution in [-0.4, -0.2) is 44.2 Å². The number of nitrogens with one attached hydrogen (secondary N) is 2. The van der Waals surface area contributed by atoms with Gasteiger partial charge in [-0.15, -0.1) is 0 Å². The molecule has 2 N–H and O–H groups in total. The van der Waals surface area contributed by atoms with Gasteiger partial charge in [0.15, 0.2) is 0 Å². The molecule has 0 radical (unpaired) electrons. The first-order valence-electron chi connectivity index (χ1n) is 9.54. The van der Waals surface area contributed by atoms with Crippen LogP contribution in [0.1, 0.15) is 39.1 Å². The molecule has 3 rings (SSSR count). The van der Waals surface area contributed by atoms with Gasteiger partial charge in [0.05, 0.1) is 25.3 Å². The maximum Gasteiger partial charge on any atom is 0.337 e. The van der Waals surface area contributed by atoms with Gasteiger partial charge < -0.3 is 14.8 Å². The van der Waals surface area contributed by atoms with Gasteiger partial charge in [0.1, 0.15) is 0 Å². The summed E-state index contributed by atoms with van der Waals surface area (Å²) in [5.41, 5.74) is 2.72. The zero-order valence-corrected chi connectivity index (χ0v) is 16.6. The molecule has 0 saturated carbocycles. The summed E-state index contributed by atoms with van der Waals surface area (Å²) in [7, 11) is 1.32. The Balaban J connectivity index is 1.73. The fourth-order valence-electron chi connectivity index (χ4n) is 3.01. The normalized spacial score (nSPS) is 16.3. The van der Waals surface area contributed by atoms with E-state index in [9.17, 15) is 9.59 Å². The van der Waals surface area contributed by atoms with E-state index in [0.29, 0.717) is 23.6 Å². The minimum atomic E-state index is -0.447. The molecule has 7 nitrogen and oxygen atoms in total. The number of benzene rings is 2. The Morgan fingerprint density at radius 2 is 1.93 bits per heavy atom. The zero-order valence-electron chi connectivity index (χ0n) is 16.6. The average molecular weight is 395 g/mol. The summed E-state index contributed by atoms with van der Waals surface area (Å²) >= 11 is 0. The number of guanidine groups is 1. The van der Waals surface area contributed by atoms with Crippen molar-refractivity contribution in [2.75, 3.05) is 25.6 Å². The largest absolute Gasteiger partial charge is 0.465 e. The van der Waals surface area contributed by atoms with E-state index in [1.807, 2.05) is 31.2 Å². The molecule has 0 unspecified atom stereocenters. The zero-order chi connectivity index (χ0) is 20.6. The Bertz CT molecular complexity index is 887. The van der Waals surface area contributed by atoms with Crippen molar-refractivity contribution in [2.24, 2.45) is 4.99 Å². The van der Waals surface area contributed by atoms with Gasteiger partial charge in [-0.25, -0.2) is 9.79 Å². The highest BCUT2D eigenvalue weighted by atomic mass is 16.5. The highest BCUT2D eigenvalue weighted by molar-refractivity contribution is 6.10. The first-order valence-corrected chi connectivity index (χ1v) is 9.54. The number of aryl methyl sites for hydroxylation is 1. The van der Waals surface area contributed by atoms with Gasteiger partial charge in [-0.2, -0.15) is 0 Å². The number of esters is 1. The lowest BCUT2D eigenvalue weighted by Gasteiger charge is -2.14. The van der Waals surface area contributed by atoms with Crippen molar-refractivity contribution in [3.05, 3.63) is 65.2 Å². The van der Waals surface area contributed by atoms with Crippen molar-refractivity contribution in [2.45, 2.75) is 25.9 Å². The second kappa shape index (κ2) is 9.84. The van der Waals surface area contributed by atoms with Crippen LogP contribution in [0.25, 0.3) is 0 Å². The molecular formula is C22H25N3O4. The third-order valence-electron chi connectivity index (χ3n) is 4.56. The predicted octanol–water partition coefficient (Wildman–Crippen LogP) is 3.16. The maximum atomic E-state index is 12.7. The first kappa shape index (κ1) is 20.5. The molecule has 1 amide bonds. The number of anilines is 1. The quantitative estimate of drug-likeness (QED) is 0.461. The lowest BCUT2D eigenvalue weighted by Crippen LogP contribution is -2.36. The number of amides is 1. The van der Waals surface area contributed by atoms with Gasteiger partial charge in [0.2, 0.25) is 5.96 Å². The van der Waals surface area contributed by atoms with E-state index < -0.39 is 5.97 Å². The molecule has 1 fully saturated rings. The second-order valence-electron chi connectivity index (χ2n) is 6.84. The summed E-state index contributed by atoms with van der Waals surface area (Å²) in [6, 6.07) is 14.1. The maximum absolute atomic E-state index is 12.7. The van der Waals surface area contributed by atoms with Crippen LogP contribution in [0.5, 0.6) is 0 Å². The highest BCUT2D eigenvalue weighted by Gasteiger charge is 2.16. The number of hydrogen-bond acceptors (Lipinski definition) is 5. The van der Waals surface area contributed by atoms with Gasteiger partial charge in [0.25, 0.3) is 5.91 Å². The fraction of sp³-hybridized carbons (Fsp3) is 0.318. The van der Waals surface area contributed by atoms with Crippen LogP contribution in [0, 0.1) is 6.92 Å². The van der Waals surface area contributed by atoms with Crippen molar-refractivity contribution in [1.82, 2.24) is 5.32 Å². The van der Waals surface area contributed by atoms with Crippen LogP contribution >= 0.6 is 0 Å². The Labute approximate surface area is 170 Å². The number of carbonyl (C=O) groups excluding carboxylic acids is 2. The van der Waals surface area contributed by atoms with Gasteiger partial charge in [-0.3, -0.25) is 10.1 Å². The molecule has 2 aromatic rings. The van der Waals surface area contributed by atoms with Crippen molar-refractivity contribution in [3.8, 4) is 0 Å². The number of methoxy groups -OCH3 is 1. The molecule has 0 aromatic heterocycles. The summed E-state index contributed by atoms with van der Waals surface area (Å²) in [4.78, 5) is 28.8. The van der Waals surface area contributed by atoms with E-state index in [2.05, 4.69) is 20.4 Å². The minimum Gasteiger partial charge on any atom is -0.465 e. The Morgan fingerprint density at radius 1 is 1.17 bits per heavy atom. The van der Waals surface area contributed by atoms with E-state index in [4.69, 9.17) is 4.74 Å². The van der Waals surface area contributed by atoms with E-state index in [-0.39, 0.29) is 12.0 Å². The van der Waals surface area contributed by atoms with Crippen LogP contribution in [0.3, 0.4) is 0 Å². The lowest BCUT2D eigenvalue weighted by molar-refractivity contribution is 0.0600. The SMILES string of the molecule is COC(=O)c1ccc(C(=O)NC(=NC[C@@H]2CCCO2)Nc2cccc(C)c2)cc1. The molecule has 1 aliphatic heterocycles. The molecule has 1 atom stereocenters. The number of ether oxygens (including phenoxy) is 2. The summed E-state index contributed by atoms with van der Waals surface area (Å²) < 4.78 is 10.3. The molecule has 1 saturated heterocycles. The third-order valence-corrected chi connectivity index (χ3v) is 4.56. The predicted molar refractivity (Wildman–Crippen MR) is 111 cm³/mol. The molecule has 1 heterocycles. The van der Waals surface area contributed by atoms with Gasteiger partial charge >= 0.3 is 5.97 Å². The van der Waals surface area contributed by atoms with Gasteiger partial charge in [-0.05, 0) is 61.7 Å². The van der Waals surface area contributed by atoms with Crippen LogP contribution in [0.2, 0.25) is 0 Å². The summed E-state index contributed by atoms with van der Waals surface area (Å²) in [5.74, 6) is -0.419. The lowest BCUT2D eigenvalue weighted by atomic mass is 10.1. The Hall–Kier alpha value is -3.19. The molecule has 0 bridgehead atoms. The van der Waals surface area contributed by atoms with E-state index in [1.54, 1.807) is 24.3 Å². The van der Waals surface area contributed by atoms with Crippen LogP contribution < -0.4 is 10.6 Å². The smallest absolute Gasteiger partial charge is 0.337 e. The Kier molecular flexibility index (Phi) is 6.97. The molecule has 0 aliphatic carbocycles. The standard InChI is InChI=1S/C22H25N3O4/c1-15-5-3-6-18(13-15)24-22(23-14-19-7-4-12-29-19)25-20(26)16-8-10-17(11-9-16)21(27)28-2/h3,5-6,8-11,13,19H,4,7,12,14H2,1-2H3,(H2,23,24,25,26)/t19-/m0/s1. The van der Waals surface area contributed by atoms with E-state index in [1.165, 1.54) is 7.11 Å². The number of carbonyl (C=O) groups is 2. The fourth-order valence-corrected chi connectivity index (χ4v) is 3.01. The molecular weight excluding hydrogens is 370 g/mol. The number of aliphatic imine (C=N–C) groups is 1. The van der Waals surface area contributed by atoms with Crippen LogP contribution in [0.15, 0.2) is 53.5 Å². The molecule has 1 aliphatic rings. The molecule has 0 spiro atoms.